The van der Waals surface area contributed by atoms with E-state index in [1.54, 1.807) is 18.0 Å². The Morgan fingerprint density at radius 1 is 1.32 bits per heavy atom. The van der Waals surface area contributed by atoms with Crippen molar-refractivity contribution in [3.63, 3.8) is 0 Å². The van der Waals surface area contributed by atoms with Gasteiger partial charge in [-0.15, -0.1) is 11.8 Å². The Morgan fingerprint density at radius 3 is 2.89 bits per heavy atom. The number of thioether (sulfide) groups is 1. The van der Waals surface area contributed by atoms with Crippen molar-refractivity contribution >= 4 is 27.7 Å². The number of rotatable bonds is 6. The lowest BCUT2D eigenvalue weighted by Crippen LogP contribution is -2.15. The van der Waals surface area contributed by atoms with E-state index in [1.165, 1.54) is 27.8 Å². The molecule has 0 radical (unpaired) electrons. The summed E-state index contributed by atoms with van der Waals surface area (Å²) in [5.41, 5.74) is 1.33. The lowest BCUT2D eigenvalue weighted by molar-refractivity contribution is 0.530. The molecule has 1 saturated carbocycles. The second-order valence-electron chi connectivity index (χ2n) is 4.78. The zero-order chi connectivity index (χ0) is 13.1. The Morgan fingerprint density at radius 2 is 2.21 bits per heavy atom. The molecule has 100 valence electrons. The molecular formula is C15H16BrNOS. The van der Waals surface area contributed by atoms with Crippen molar-refractivity contribution in [2.75, 3.05) is 0 Å². The Balaban J connectivity index is 1.58. The summed E-state index contributed by atoms with van der Waals surface area (Å²) in [5, 5.41) is 3.54. The van der Waals surface area contributed by atoms with E-state index in [9.17, 15) is 0 Å². The van der Waals surface area contributed by atoms with Gasteiger partial charge in [0.1, 0.15) is 5.76 Å². The molecule has 2 aromatic rings. The van der Waals surface area contributed by atoms with Crippen LogP contribution in [0.15, 0.2) is 50.4 Å². The summed E-state index contributed by atoms with van der Waals surface area (Å²) in [6.07, 6.45) is 4.38. The third kappa shape index (κ3) is 3.88. The largest absolute Gasteiger partial charge is 0.468 e. The normalized spacial score (nSPS) is 14.8. The van der Waals surface area contributed by atoms with Crippen LogP contribution in [0.2, 0.25) is 0 Å². The number of halogens is 1. The fourth-order valence-corrected chi connectivity index (χ4v) is 3.36. The average molecular weight is 338 g/mol. The molecule has 0 saturated heterocycles. The molecule has 0 bridgehead atoms. The maximum atomic E-state index is 5.34. The van der Waals surface area contributed by atoms with Gasteiger partial charge in [-0.05, 0) is 42.7 Å². The highest BCUT2D eigenvalue weighted by Crippen LogP contribution is 2.28. The van der Waals surface area contributed by atoms with Gasteiger partial charge in [-0.3, -0.25) is 0 Å². The summed E-state index contributed by atoms with van der Waals surface area (Å²) in [7, 11) is 0. The number of furan rings is 1. The Labute approximate surface area is 126 Å². The van der Waals surface area contributed by atoms with Crippen molar-refractivity contribution in [3.8, 4) is 0 Å². The van der Waals surface area contributed by atoms with Gasteiger partial charge >= 0.3 is 0 Å². The lowest BCUT2D eigenvalue weighted by Gasteiger charge is -2.08. The zero-order valence-electron chi connectivity index (χ0n) is 10.6. The van der Waals surface area contributed by atoms with Gasteiger partial charge in [0.25, 0.3) is 0 Å². The van der Waals surface area contributed by atoms with Crippen LogP contribution in [0.1, 0.15) is 24.2 Å². The Bertz CT molecular complexity index is 537. The summed E-state index contributed by atoms with van der Waals surface area (Å²) >= 11 is 5.45. The molecule has 1 N–H and O–H groups in total. The van der Waals surface area contributed by atoms with Crippen molar-refractivity contribution in [1.29, 1.82) is 0 Å². The van der Waals surface area contributed by atoms with Crippen LogP contribution in [-0.2, 0) is 12.3 Å². The van der Waals surface area contributed by atoms with Crippen molar-refractivity contribution < 1.29 is 4.42 Å². The summed E-state index contributed by atoms with van der Waals surface area (Å²) in [4.78, 5) is 1.26. The quantitative estimate of drug-likeness (QED) is 0.780. The topological polar surface area (TPSA) is 25.2 Å². The van der Waals surface area contributed by atoms with Crippen LogP contribution in [-0.4, -0.2) is 6.04 Å². The molecular weight excluding hydrogens is 322 g/mol. The number of nitrogens with one attached hydrogen (secondary N) is 1. The van der Waals surface area contributed by atoms with Crippen LogP contribution < -0.4 is 5.32 Å². The van der Waals surface area contributed by atoms with Crippen LogP contribution >= 0.6 is 27.7 Å². The molecule has 19 heavy (non-hydrogen) atoms. The minimum absolute atomic E-state index is 0.750. The molecule has 2 nitrogen and oxygen atoms in total. The third-order valence-electron chi connectivity index (χ3n) is 3.14. The maximum Gasteiger partial charge on any atom is 0.113 e. The highest BCUT2D eigenvalue weighted by molar-refractivity contribution is 9.10. The molecule has 1 heterocycles. The van der Waals surface area contributed by atoms with Crippen LogP contribution in [0, 0.1) is 0 Å². The molecule has 0 unspecified atom stereocenters. The van der Waals surface area contributed by atoms with Gasteiger partial charge < -0.3 is 9.73 Å². The predicted molar refractivity (Wildman–Crippen MR) is 82.3 cm³/mol. The van der Waals surface area contributed by atoms with Crippen molar-refractivity contribution in [3.05, 3.63) is 52.4 Å². The van der Waals surface area contributed by atoms with Gasteiger partial charge in [0.15, 0.2) is 0 Å². The molecule has 1 aromatic heterocycles. The molecule has 0 aliphatic heterocycles. The van der Waals surface area contributed by atoms with Crippen LogP contribution in [0.4, 0.5) is 0 Å². The first-order valence-electron chi connectivity index (χ1n) is 6.48. The van der Waals surface area contributed by atoms with Crippen molar-refractivity contribution in [1.82, 2.24) is 5.32 Å². The van der Waals surface area contributed by atoms with E-state index in [0.717, 1.165) is 24.1 Å². The van der Waals surface area contributed by atoms with E-state index in [4.69, 9.17) is 4.42 Å². The van der Waals surface area contributed by atoms with E-state index in [2.05, 4.69) is 39.4 Å². The molecule has 1 aliphatic rings. The van der Waals surface area contributed by atoms with Crippen LogP contribution in [0.25, 0.3) is 0 Å². The molecule has 1 aliphatic carbocycles. The van der Waals surface area contributed by atoms with Crippen molar-refractivity contribution in [2.24, 2.45) is 0 Å². The fraction of sp³-hybridized carbons (Fsp3) is 0.333. The molecule has 0 spiro atoms. The summed E-state index contributed by atoms with van der Waals surface area (Å²) in [6.45, 7) is 0.953. The van der Waals surface area contributed by atoms with E-state index in [-0.39, 0.29) is 0 Å². The van der Waals surface area contributed by atoms with Gasteiger partial charge in [0, 0.05) is 22.0 Å². The van der Waals surface area contributed by atoms with Gasteiger partial charge in [0.05, 0.1) is 12.0 Å². The molecule has 3 rings (SSSR count). The van der Waals surface area contributed by atoms with Gasteiger partial charge in [-0.1, -0.05) is 22.0 Å². The second kappa shape index (κ2) is 6.16. The first kappa shape index (κ1) is 13.3. The smallest absolute Gasteiger partial charge is 0.113 e. The Hall–Kier alpha value is -0.710. The molecule has 4 heteroatoms. The predicted octanol–water partition coefficient (Wildman–Crippen LogP) is 4.59. The number of benzene rings is 1. The number of hydrogen-bond acceptors (Lipinski definition) is 3. The van der Waals surface area contributed by atoms with Crippen molar-refractivity contribution in [2.45, 2.75) is 36.1 Å². The minimum atomic E-state index is 0.750. The highest BCUT2D eigenvalue weighted by atomic mass is 79.9. The van der Waals surface area contributed by atoms with Crippen LogP contribution in [0.5, 0.6) is 0 Å². The standard InChI is InChI=1S/C15H16BrNOS/c16-15-8-14(19-10-13-2-1-7-18-13)6-3-11(15)9-17-12-4-5-12/h1-3,6-8,12,17H,4-5,9-10H2. The van der Waals surface area contributed by atoms with E-state index >= 15 is 0 Å². The first-order chi connectivity index (χ1) is 9.31. The van der Waals surface area contributed by atoms with Gasteiger partial charge in [-0.2, -0.15) is 0 Å². The Kier molecular flexibility index (Phi) is 4.31. The second-order valence-corrected chi connectivity index (χ2v) is 6.68. The van der Waals surface area contributed by atoms with Gasteiger partial charge in [-0.25, -0.2) is 0 Å². The molecule has 1 aromatic carbocycles. The number of hydrogen-bond donors (Lipinski definition) is 1. The summed E-state index contributed by atoms with van der Waals surface area (Å²) in [6, 6.07) is 11.3. The minimum Gasteiger partial charge on any atom is -0.468 e. The molecule has 1 fully saturated rings. The SMILES string of the molecule is Brc1cc(SCc2ccco2)ccc1CNC1CC1. The monoisotopic (exact) mass is 337 g/mol. The summed E-state index contributed by atoms with van der Waals surface area (Å²) in [5.74, 6) is 1.89. The zero-order valence-corrected chi connectivity index (χ0v) is 13.0. The highest BCUT2D eigenvalue weighted by Gasteiger charge is 2.20. The lowest BCUT2D eigenvalue weighted by atomic mass is 10.2. The first-order valence-corrected chi connectivity index (χ1v) is 8.26. The third-order valence-corrected chi connectivity index (χ3v) is 4.90. The summed E-state index contributed by atoms with van der Waals surface area (Å²) < 4.78 is 6.52. The van der Waals surface area contributed by atoms with E-state index in [1.807, 2.05) is 12.1 Å². The average Bonchev–Trinajstić information content (AvgIpc) is 3.09. The van der Waals surface area contributed by atoms with Crippen LogP contribution in [0.3, 0.4) is 0 Å². The van der Waals surface area contributed by atoms with E-state index in [0.29, 0.717) is 0 Å². The molecule has 0 amide bonds. The fourth-order valence-electron chi connectivity index (χ4n) is 1.85. The van der Waals surface area contributed by atoms with E-state index < -0.39 is 0 Å². The molecule has 0 atom stereocenters. The maximum absolute atomic E-state index is 5.34. The van der Waals surface area contributed by atoms with Gasteiger partial charge in [0.2, 0.25) is 0 Å².